The first-order valence-corrected chi connectivity index (χ1v) is 5.79. The summed E-state index contributed by atoms with van der Waals surface area (Å²) in [6.45, 7) is 4.93. The van der Waals surface area contributed by atoms with Gasteiger partial charge in [0.25, 0.3) is 0 Å². The molecule has 2 heteroatoms. The number of hydrogen-bond acceptors (Lipinski definition) is 1. The first kappa shape index (κ1) is 10.8. The van der Waals surface area contributed by atoms with Crippen LogP contribution < -0.4 is 5.73 Å². The van der Waals surface area contributed by atoms with E-state index in [-0.39, 0.29) is 17.9 Å². The van der Waals surface area contributed by atoms with Gasteiger partial charge in [-0.3, -0.25) is 0 Å². The summed E-state index contributed by atoms with van der Waals surface area (Å²) in [7, 11) is 0. The zero-order valence-corrected chi connectivity index (χ0v) is 10.1. The first-order valence-electron chi connectivity index (χ1n) is 5.79. The van der Waals surface area contributed by atoms with E-state index in [9.17, 15) is 0 Å². The quantitative estimate of drug-likeness (QED) is 0.661. The summed E-state index contributed by atoms with van der Waals surface area (Å²) in [6, 6.07) is 0. The van der Waals surface area contributed by atoms with Gasteiger partial charge in [0.05, 0.1) is 0 Å². The molecule has 0 spiro atoms. The number of rotatable bonds is 0. The fourth-order valence-electron chi connectivity index (χ4n) is 4.89. The van der Waals surface area contributed by atoms with E-state index in [1.54, 1.807) is 0 Å². The molecule has 0 heterocycles. The Bertz CT molecular complexity index is 215. The molecule has 4 saturated carbocycles. The SMILES string of the molecule is CC1C2CC3(C)CC1CC(N)(C2)C3.Cl. The number of hydrogen-bond donors (Lipinski definition) is 1. The van der Waals surface area contributed by atoms with Crippen LogP contribution in [0.2, 0.25) is 0 Å². The van der Waals surface area contributed by atoms with Gasteiger partial charge in [0, 0.05) is 5.54 Å². The molecule has 0 aliphatic heterocycles. The summed E-state index contributed by atoms with van der Waals surface area (Å²) in [4.78, 5) is 0. The summed E-state index contributed by atoms with van der Waals surface area (Å²) < 4.78 is 0. The van der Waals surface area contributed by atoms with Crippen LogP contribution in [0.3, 0.4) is 0 Å². The maximum atomic E-state index is 6.47. The lowest BCUT2D eigenvalue weighted by Gasteiger charge is -2.62. The Balaban J connectivity index is 0.000000750. The highest BCUT2D eigenvalue weighted by molar-refractivity contribution is 5.85. The third-order valence-electron chi connectivity index (χ3n) is 5.11. The smallest absolute Gasteiger partial charge is 0.0165 e. The Hall–Kier alpha value is 0.250. The Labute approximate surface area is 93.2 Å². The molecule has 4 aliphatic rings. The van der Waals surface area contributed by atoms with Gasteiger partial charge in [-0.05, 0) is 55.3 Å². The molecule has 82 valence electrons. The molecule has 4 rings (SSSR count). The normalized spacial score (nSPS) is 59.8. The van der Waals surface area contributed by atoms with Gasteiger partial charge in [-0.1, -0.05) is 13.8 Å². The van der Waals surface area contributed by atoms with Crippen molar-refractivity contribution in [1.82, 2.24) is 0 Å². The lowest BCUT2D eigenvalue weighted by molar-refractivity contribution is -0.0924. The Morgan fingerprint density at radius 3 is 2.00 bits per heavy atom. The molecule has 4 bridgehead atoms. The van der Waals surface area contributed by atoms with Crippen molar-refractivity contribution in [3.63, 3.8) is 0 Å². The topological polar surface area (TPSA) is 26.0 Å². The van der Waals surface area contributed by atoms with Crippen LogP contribution in [0.25, 0.3) is 0 Å². The second-order valence-corrected chi connectivity index (χ2v) is 6.55. The third-order valence-corrected chi connectivity index (χ3v) is 5.11. The van der Waals surface area contributed by atoms with Gasteiger partial charge in [0.15, 0.2) is 0 Å². The van der Waals surface area contributed by atoms with Crippen molar-refractivity contribution in [2.75, 3.05) is 0 Å². The molecule has 2 unspecified atom stereocenters. The minimum atomic E-state index is 0. The van der Waals surface area contributed by atoms with E-state index in [1.165, 1.54) is 32.1 Å². The van der Waals surface area contributed by atoms with E-state index < -0.39 is 0 Å². The van der Waals surface area contributed by atoms with Crippen molar-refractivity contribution >= 4 is 12.4 Å². The predicted molar refractivity (Wildman–Crippen MR) is 61.5 cm³/mol. The molecular weight excluding hydrogens is 194 g/mol. The lowest BCUT2D eigenvalue weighted by atomic mass is 9.45. The zero-order valence-electron chi connectivity index (χ0n) is 9.25. The van der Waals surface area contributed by atoms with Crippen molar-refractivity contribution in [2.45, 2.75) is 51.5 Å². The second-order valence-electron chi connectivity index (χ2n) is 6.55. The first-order chi connectivity index (χ1) is 6.00. The van der Waals surface area contributed by atoms with Crippen LogP contribution in [0.4, 0.5) is 0 Å². The van der Waals surface area contributed by atoms with Gasteiger partial charge in [-0.15, -0.1) is 12.4 Å². The molecule has 2 atom stereocenters. The summed E-state index contributed by atoms with van der Waals surface area (Å²) >= 11 is 0. The number of nitrogens with two attached hydrogens (primary N) is 1. The van der Waals surface area contributed by atoms with E-state index in [1.807, 2.05) is 0 Å². The summed E-state index contributed by atoms with van der Waals surface area (Å²) in [6.07, 6.45) is 6.87. The van der Waals surface area contributed by atoms with Crippen molar-refractivity contribution in [1.29, 1.82) is 0 Å². The average molecular weight is 216 g/mol. The second kappa shape index (κ2) is 2.89. The van der Waals surface area contributed by atoms with Gasteiger partial charge in [-0.2, -0.15) is 0 Å². The molecule has 14 heavy (non-hydrogen) atoms. The third kappa shape index (κ3) is 1.32. The Morgan fingerprint density at radius 2 is 1.57 bits per heavy atom. The van der Waals surface area contributed by atoms with Crippen LogP contribution in [0, 0.1) is 23.2 Å². The van der Waals surface area contributed by atoms with Gasteiger partial charge in [0.1, 0.15) is 0 Å². The maximum absolute atomic E-state index is 6.47. The van der Waals surface area contributed by atoms with Crippen molar-refractivity contribution < 1.29 is 0 Å². The monoisotopic (exact) mass is 215 g/mol. The van der Waals surface area contributed by atoms with Crippen LogP contribution >= 0.6 is 12.4 Å². The zero-order chi connectivity index (χ0) is 9.27. The standard InChI is InChI=1S/C12H21N.ClH/c1-8-9-3-11(2)4-10(8)6-12(13,5-9)7-11;/h8-10H,3-7,13H2,1-2H3;1H. The van der Waals surface area contributed by atoms with E-state index in [2.05, 4.69) is 13.8 Å². The highest BCUT2D eigenvalue weighted by Gasteiger charge is 2.56. The molecule has 1 nitrogen and oxygen atoms in total. The largest absolute Gasteiger partial charge is 0.325 e. The van der Waals surface area contributed by atoms with Crippen LogP contribution in [0.15, 0.2) is 0 Å². The average Bonchev–Trinajstić information content (AvgIpc) is 1.94. The maximum Gasteiger partial charge on any atom is 0.0165 e. The molecule has 0 saturated heterocycles. The van der Waals surface area contributed by atoms with Crippen LogP contribution in [-0.2, 0) is 0 Å². The molecule has 0 aromatic rings. The highest BCUT2D eigenvalue weighted by Crippen LogP contribution is 2.62. The van der Waals surface area contributed by atoms with E-state index in [0.29, 0.717) is 5.41 Å². The Kier molecular flexibility index (Phi) is 2.22. The van der Waals surface area contributed by atoms with Gasteiger partial charge >= 0.3 is 0 Å². The van der Waals surface area contributed by atoms with Gasteiger partial charge < -0.3 is 5.73 Å². The summed E-state index contributed by atoms with van der Waals surface area (Å²) in [5.74, 6) is 2.87. The van der Waals surface area contributed by atoms with Crippen molar-refractivity contribution in [2.24, 2.45) is 28.9 Å². The van der Waals surface area contributed by atoms with Crippen LogP contribution in [0.1, 0.15) is 46.0 Å². The van der Waals surface area contributed by atoms with Crippen LogP contribution in [0.5, 0.6) is 0 Å². The minimum absolute atomic E-state index is 0. The van der Waals surface area contributed by atoms with Gasteiger partial charge in [0.2, 0.25) is 0 Å². The molecule has 4 fully saturated rings. The van der Waals surface area contributed by atoms with Crippen LogP contribution in [-0.4, -0.2) is 5.54 Å². The van der Waals surface area contributed by atoms with Crippen molar-refractivity contribution in [3.05, 3.63) is 0 Å². The Morgan fingerprint density at radius 1 is 1.07 bits per heavy atom. The fourth-order valence-corrected chi connectivity index (χ4v) is 4.89. The van der Waals surface area contributed by atoms with Crippen molar-refractivity contribution in [3.8, 4) is 0 Å². The highest BCUT2D eigenvalue weighted by atomic mass is 35.5. The van der Waals surface area contributed by atoms with E-state index in [0.717, 1.165) is 17.8 Å². The lowest BCUT2D eigenvalue weighted by Crippen LogP contribution is -2.61. The van der Waals surface area contributed by atoms with E-state index in [4.69, 9.17) is 5.73 Å². The predicted octanol–water partition coefficient (Wildman–Crippen LogP) is 2.97. The molecule has 0 amide bonds. The molecule has 0 aromatic carbocycles. The summed E-state index contributed by atoms with van der Waals surface area (Å²) in [5.41, 5.74) is 7.33. The molecule has 4 aliphatic carbocycles. The molecule has 0 aromatic heterocycles. The number of halogens is 1. The minimum Gasteiger partial charge on any atom is -0.325 e. The molecule has 2 N–H and O–H groups in total. The molecular formula is C12H22ClN. The summed E-state index contributed by atoms with van der Waals surface area (Å²) in [5, 5.41) is 0. The molecule has 0 radical (unpaired) electrons. The fraction of sp³-hybridized carbons (Fsp3) is 1.00. The van der Waals surface area contributed by atoms with Gasteiger partial charge in [-0.25, -0.2) is 0 Å². The van der Waals surface area contributed by atoms with E-state index >= 15 is 0 Å².